The Bertz CT molecular complexity index is 290. The Labute approximate surface area is 86.3 Å². The zero-order valence-electron chi connectivity index (χ0n) is 9.16. The summed E-state index contributed by atoms with van der Waals surface area (Å²) in [6.45, 7) is 3.52. The first-order valence-corrected chi connectivity index (χ1v) is 5.62. The molecular formula is C12H20N2. The van der Waals surface area contributed by atoms with Crippen LogP contribution in [0.4, 0.5) is 0 Å². The second kappa shape index (κ2) is 4.18. The van der Waals surface area contributed by atoms with Gasteiger partial charge in [0.15, 0.2) is 0 Å². The van der Waals surface area contributed by atoms with Gasteiger partial charge >= 0.3 is 0 Å². The molecule has 0 unspecified atom stereocenters. The van der Waals surface area contributed by atoms with Gasteiger partial charge in [0.25, 0.3) is 0 Å². The highest BCUT2D eigenvalue weighted by molar-refractivity contribution is 5.11. The molecule has 1 aliphatic heterocycles. The van der Waals surface area contributed by atoms with Gasteiger partial charge in [0.2, 0.25) is 0 Å². The number of nitrogens with zero attached hydrogens (tertiary/aromatic N) is 1. The van der Waals surface area contributed by atoms with E-state index in [2.05, 4.69) is 42.2 Å². The van der Waals surface area contributed by atoms with E-state index in [1.165, 1.54) is 25.0 Å². The molecule has 1 fully saturated rings. The minimum Gasteiger partial charge on any atom is -0.353 e. The molecule has 0 radical (unpaired) electrons. The molecule has 2 heteroatoms. The molecule has 1 aromatic heterocycles. The molecule has 2 rings (SSSR count). The van der Waals surface area contributed by atoms with Crippen molar-refractivity contribution < 1.29 is 0 Å². The Hall–Kier alpha value is -0.760. The van der Waals surface area contributed by atoms with Crippen LogP contribution < -0.4 is 5.32 Å². The van der Waals surface area contributed by atoms with Gasteiger partial charge in [-0.25, -0.2) is 0 Å². The van der Waals surface area contributed by atoms with Crippen LogP contribution in [0.5, 0.6) is 0 Å². The van der Waals surface area contributed by atoms with Gasteiger partial charge < -0.3 is 9.88 Å². The molecule has 0 bridgehead atoms. The highest BCUT2D eigenvalue weighted by atomic mass is 15.0. The summed E-state index contributed by atoms with van der Waals surface area (Å²) >= 11 is 0. The summed E-state index contributed by atoms with van der Waals surface area (Å²) < 4.78 is 2.23. The maximum absolute atomic E-state index is 3.63. The van der Waals surface area contributed by atoms with Crippen molar-refractivity contribution in [1.29, 1.82) is 0 Å². The van der Waals surface area contributed by atoms with Gasteiger partial charge in [-0.3, -0.25) is 0 Å². The van der Waals surface area contributed by atoms with Crippen molar-refractivity contribution in [1.82, 2.24) is 9.88 Å². The normalized spacial score (nSPS) is 28.7. The highest BCUT2D eigenvalue weighted by Crippen LogP contribution is 2.25. The molecule has 1 aromatic rings. The number of nitrogens with one attached hydrogen (secondary N) is 1. The quantitative estimate of drug-likeness (QED) is 0.723. The van der Waals surface area contributed by atoms with Crippen molar-refractivity contribution in [2.24, 2.45) is 13.0 Å². The zero-order chi connectivity index (χ0) is 9.97. The zero-order valence-corrected chi connectivity index (χ0v) is 9.16. The van der Waals surface area contributed by atoms with Gasteiger partial charge in [0.1, 0.15) is 0 Å². The lowest BCUT2D eigenvalue weighted by atomic mass is 10.0. The largest absolute Gasteiger partial charge is 0.353 e. The lowest BCUT2D eigenvalue weighted by Gasteiger charge is -2.16. The summed E-state index contributed by atoms with van der Waals surface area (Å²) in [5.74, 6) is 0.882. The molecule has 1 aliphatic rings. The van der Waals surface area contributed by atoms with Crippen molar-refractivity contribution in [2.75, 3.05) is 6.54 Å². The first-order valence-electron chi connectivity index (χ1n) is 5.62. The average molecular weight is 192 g/mol. The number of hydrogen-bond acceptors (Lipinski definition) is 1. The molecule has 0 aliphatic carbocycles. The lowest BCUT2D eigenvalue weighted by Crippen LogP contribution is -2.22. The van der Waals surface area contributed by atoms with Crippen LogP contribution in [0, 0.1) is 5.92 Å². The summed E-state index contributed by atoms with van der Waals surface area (Å²) in [7, 11) is 2.13. The maximum Gasteiger partial charge on any atom is 0.0474 e. The summed E-state index contributed by atoms with van der Waals surface area (Å²) in [5, 5.41) is 3.63. The predicted octanol–water partition coefficient (Wildman–Crippen LogP) is 2.48. The van der Waals surface area contributed by atoms with E-state index in [0.717, 1.165) is 12.5 Å². The molecule has 0 aromatic carbocycles. The van der Waals surface area contributed by atoms with Crippen molar-refractivity contribution in [3.63, 3.8) is 0 Å². The van der Waals surface area contributed by atoms with Crippen LogP contribution in [0.3, 0.4) is 0 Å². The van der Waals surface area contributed by atoms with Gasteiger partial charge in [-0.15, -0.1) is 0 Å². The number of hydrogen-bond donors (Lipinski definition) is 1. The molecular weight excluding hydrogens is 172 g/mol. The Morgan fingerprint density at radius 3 is 2.93 bits per heavy atom. The standard InChI is InChI=1S/C12H20N2/c1-10-5-6-11(13-8-7-10)12-4-3-9-14(12)2/h3-4,9-11,13H,5-8H2,1-2H3/t10-,11+/m1/s1. The molecule has 78 valence electrons. The van der Waals surface area contributed by atoms with E-state index in [1.54, 1.807) is 0 Å². The lowest BCUT2D eigenvalue weighted by molar-refractivity contribution is 0.488. The Balaban J connectivity index is 2.08. The summed E-state index contributed by atoms with van der Waals surface area (Å²) in [6.07, 6.45) is 6.08. The third-order valence-electron chi connectivity index (χ3n) is 3.32. The molecule has 0 saturated carbocycles. The fraction of sp³-hybridized carbons (Fsp3) is 0.667. The molecule has 1 N–H and O–H groups in total. The number of aryl methyl sites for hydroxylation is 1. The number of aromatic nitrogens is 1. The third-order valence-corrected chi connectivity index (χ3v) is 3.32. The van der Waals surface area contributed by atoms with Crippen LogP contribution >= 0.6 is 0 Å². The smallest absolute Gasteiger partial charge is 0.0474 e. The van der Waals surface area contributed by atoms with Crippen LogP contribution in [-0.2, 0) is 7.05 Å². The highest BCUT2D eigenvalue weighted by Gasteiger charge is 2.18. The fourth-order valence-corrected chi connectivity index (χ4v) is 2.29. The molecule has 0 spiro atoms. The first kappa shape index (κ1) is 9.78. The van der Waals surface area contributed by atoms with E-state index in [4.69, 9.17) is 0 Å². The van der Waals surface area contributed by atoms with Crippen LogP contribution in [0.2, 0.25) is 0 Å². The van der Waals surface area contributed by atoms with Crippen molar-refractivity contribution in [3.8, 4) is 0 Å². The molecule has 2 atom stereocenters. The van der Waals surface area contributed by atoms with E-state index < -0.39 is 0 Å². The van der Waals surface area contributed by atoms with Gasteiger partial charge in [0.05, 0.1) is 0 Å². The SMILES string of the molecule is C[C@H]1CCN[C@H](c2cccn2C)CC1. The molecule has 0 amide bonds. The van der Waals surface area contributed by atoms with Crippen molar-refractivity contribution in [3.05, 3.63) is 24.0 Å². The fourth-order valence-electron chi connectivity index (χ4n) is 2.29. The Morgan fingerprint density at radius 2 is 2.21 bits per heavy atom. The van der Waals surface area contributed by atoms with Crippen LogP contribution in [0.25, 0.3) is 0 Å². The number of rotatable bonds is 1. The van der Waals surface area contributed by atoms with Gasteiger partial charge in [-0.05, 0) is 43.9 Å². The topological polar surface area (TPSA) is 17.0 Å². The molecule has 14 heavy (non-hydrogen) atoms. The van der Waals surface area contributed by atoms with Gasteiger partial charge in [-0.2, -0.15) is 0 Å². The van der Waals surface area contributed by atoms with E-state index in [9.17, 15) is 0 Å². The maximum atomic E-state index is 3.63. The monoisotopic (exact) mass is 192 g/mol. The van der Waals surface area contributed by atoms with Crippen LogP contribution in [0.1, 0.15) is 37.9 Å². The van der Waals surface area contributed by atoms with E-state index >= 15 is 0 Å². The molecule has 1 saturated heterocycles. The van der Waals surface area contributed by atoms with Crippen LogP contribution in [0.15, 0.2) is 18.3 Å². The summed E-state index contributed by atoms with van der Waals surface area (Å²) in [4.78, 5) is 0. The minimum absolute atomic E-state index is 0.569. The Kier molecular flexibility index (Phi) is 2.92. The van der Waals surface area contributed by atoms with E-state index in [-0.39, 0.29) is 0 Å². The van der Waals surface area contributed by atoms with E-state index in [1.807, 2.05) is 0 Å². The van der Waals surface area contributed by atoms with Gasteiger partial charge in [0, 0.05) is 25.0 Å². The molecule has 2 nitrogen and oxygen atoms in total. The minimum atomic E-state index is 0.569. The van der Waals surface area contributed by atoms with Crippen molar-refractivity contribution >= 4 is 0 Å². The summed E-state index contributed by atoms with van der Waals surface area (Å²) in [5.41, 5.74) is 1.43. The second-order valence-corrected chi connectivity index (χ2v) is 4.52. The summed E-state index contributed by atoms with van der Waals surface area (Å²) in [6, 6.07) is 4.93. The first-order chi connectivity index (χ1) is 6.77. The molecule has 2 heterocycles. The van der Waals surface area contributed by atoms with E-state index in [0.29, 0.717) is 6.04 Å². The van der Waals surface area contributed by atoms with Gasteiger partial charge in [-0.1, -0.05) is 6.92 Å². The predicted molar refractivity (Wildman–Crippen MR) is 59.2 cm³/mol. The average Bonchev–Trinajstić information content (AvgIpc) is 2.46. The van der Waals surface area contributed by atoms with Crippen molar-refractivity contribution in [2.45, 2.75) is 32.2 Å². The van der Waals surface area contributed by atoms with Crippen LogP contribution in [-0.4, -0.2) is 11.1 Å². The third kappa shape index (κ3) is 2.01. The second-order valence-electron chi connectivity index (χ2n) is 4.52. The Morgan fingerprint density at radius 1 is 1.36 bits per heavy atom.